The van der Waals surface area contributed by atoms with Gasteiger partial charge in [-0.2, -0.15) is 0 Å². The van der Waals surface area contributed by atoms with E-state index < -0.39 is 0 Å². The lowest BCUT2D eigenvalue weighted by molar-refractivity contribution is 0.0997. The van der Waals surface area contributed by atoms with Crippen LogP contribution in [-0.2, 0) is 0 Å². The van der Waals surface area contributed by atoms with E-state index in [2.05, 4.69) is 0 Å². The largest absolute Gasteiger partial charge is 0.497 e. The molecule has 136 valence electrons. The number of rotatable bonds is 4. The van der Waals surface area contributed by atoms with Crippen LogP contribution in [0.4, 0.5) is 11.4 Å². The summed E-state index contributed by atoms with van der Waals surface area (Å²) in [6.07, 6.45) is 0. The average Bonchev–Trinajstić information content (AvgIpc) is 3.35. The summed E-state index contributed by atoms with van der Waals surface area (Å²) in [5.41, 5.74) is 8.41. The maximum absolute atomic E-state index is 13.0. The molecule has 0 atom stereocenters. The zero-order valence-corrected chi connectivity index (χ0v) is 16.4. The first-order chi connectivity index (χ1) is 13.1. The van der Waals surface area contributed by atoms with Gasteiger partial charge >= 0.3 is 0 Å². The minimum absolute atomic E-state index is 0.154. The fraction of sp³-hybridized carbons (Fsp3) is 0.100. The van der Waals surface area contributed by atoms with Crippen molar-refractivity contribution < 1.29 is 9.53 Å². The first-order valence-electron chi connectivity index (χ1n) is 8.23. The zero-order valence-electron chi connectivity index (χ0n) is 14.8. The molecule has 3 aromatic heterocycles. The van der Waals surface area contributed by atoms with Crippen molar-refractivity contribution in [2.24, 2.45) is 0 Å². The number of benzene rings is 1. The minimum Gasteiger partial charge on any atom is -0.497 e. The lowest BCUT2D eigenvalue weighted by Gasteiger charge is -2.17. The van der Waals surface area contributed by atoms with Gasteiger partial charge in [0.2, 0.25) is 0 Å². The summed E-state index contributed by atoms with van der Waals surface area (Å²) in [6.45, 7) is 0. The fourth-order valence-corrected chi connectivity index (χ4v) is 4.56. The third-order valence-corrected chi connectivity index (χ3v) is 6.32. The highest BCUT2D eigenvalue weighted by Crippen LogP contribution is 2.36. The molecule has 0 saturated heterocycles. The third kappa shape index (κ3) is 3.15. The van der Waals surface area contributed by atoms with Gasteiger partial charge in [-0.05, 0) is 47.8 Å². The smallest absolute Gasteiger partial charge is 0.270 e. The predicted octanol–water partition coefficient (Wildman–Crippen LogP) is 4.89. The van der Waals surface area contributed by atoms with E-state index in [-0.39, 0.29) is 5.91 Å². The Morgan fingerprint density at radius 2 is 1.93 bits per heavy atom. The normalized spacial score (nSPS) is 10.9. The molecule has 0 spiro atoms. The van der Waals surface area contributed by atoms with E-state index in [0.717, 1.165) is 32.2 Å². The van der Waals surface area contributed by atoms with E-state index in [1.54, 1.807) is 30.4 Å². The van der Waals surface area contributed by atoms with Crippen molar-refractivity contribution >= 4 is 50.2 Å². The van der Waals surface area contributed by atoms with Gasteiger partial charge in [-0.25, -0.2) is 4.98 Å². The predicted molar refractivity (Wildman–Crippen MR) is 113 cm³/mol. The number of nitrogens with zero attached hydrogens (tertiary/aromatic N) is 2. The van der Waals surface area contributed by atoms with Gasteiger partial charge < -0.3 is 15.4 Å². The number of nitrogens with two attached hydrogens (primary N) is 1. The summed E-state index contributed by atoms with van der Waals surface area (Å²) < 4.78 is 5.17. The van der Waals surface area contributed by atoms with Gasteiger partial charge in [0, 0.05) is 18.1 Å². The highest BCUT2D eigenvalue weighted by molar-refractivity contribution is 7.21. The van der Waals surface area contributed by atoms with Gasteiger partial charge in [-0.1, -0.05) is 6.07 Å². The molecule has 3 heterocycles. The van der Waals surface area contributed by atoms with Crippen LogP contribution >= 0.6 is 22.7 Å². The molecule has 0 radical (unpaired) electrons. The molecule has 5 nitrogen and oxygen atoms in total. The van der Waals surface area contributed by atoms with Crippen molar-refractivity contribution in [3.63, 3.8) is 0 Å². The van der Waals surface area contributed by atoms with Gasteiger partial charge in [0.1, 0.15) is 15.5 Å². The number of hydrogen-bond acceptors (Lipinski definition) is 6. The monoisotopic (exact) mass is 395 g/mol. The maximum atomic E-state index is 13.0. The number of pyridine rings is 1. The molecule has 0 saturated carbocycles. The van der Waals surface area contributed by atoms with Crippen molar-refractivity contribution in [2.75, 3.05) is 24.8 Å². The van der Waals surface area contributed by atoms with E-state index in [0.29, 0.717) is 10.6 Å². The summed E-state index contributed by atoms with van der Waals surface area (Å²) >= 11 is 2.96. The molecule has 27 heavy (non-hydrogen) atoms. The number of ether oxygens (including phenoxy) is 1. The van der Waals surface area contributed by atoms with Crippen LogP contribution in [0.3, 0.4) is 0 Å². The Balaban J connectivity index is 1.69. The summed E-state index contributed by atoms with van der Waals surface area (Å²) in [5, 5.41) is 2.83. The van der Waals surface area contributed by atoms with Crippen LogP contribution in [0.1, 0.15) is 9.67 Å². The number of carbonyl (C=O) groups excluding carboxylic acids is 1. The number of methoxy groups -OCH3 is 1. The molecule has 0 aliphatic rings. The van der Waals surface area contributed by atoms with Gasteiger partial charge in [-0.15, -0.1) is 22.7 Å². The van der Waals surface area contributed by atoms with Crippen molar-refractivity contribution in [2.45, 2.75) is 0 Å². The lowest BCUT2D eigenvalue weighted by atomic mass is 10.2. The third-order valence-electron chi connectivity index (χ3n) is 4.33. The number of thiophene rings is 2. The number of anilines is 2. The molecule has 4 aromatic rings. The van der Waals surface area contributed by atoms with Gasteiger partial charge in [0.05, 0.1) is 23.4 Å². The van der Waals surface area contributed by atoms with Crippen LogP contribution in [0.25, 0.3) is 20.8 Å². The zero-order chi connectivity index (χ0) is 19.0. The quantitative estimate of drug-likeness (QED) is 0.534. The second-order valence-corrected chi connectivity index (χ2v) is 7.88. The summed E-state index contributed by atoms with van der Waals surface area (Å²) in [6, 6.07) is 15.2. The van der Waals surface area contributed by atoms with Crippen LogP contribution in [0.2, 0.25) is 0 Å². The number of amides is 1. The molecule has 0 bridgehead atoms. The number of nitrogen functional groups attached to an aromatic ring is 1. The van der Waals surface area contributed by atoms with Crippen molar-refractivity contribution in [3.05, 3.63) is 58.8 Å². The average molecular weight is 396 g/mol. The SMILES string of the molecule is COc1ccc(N(C)C(=O)c2sc3nc(-c4cccs4)ccc3c2N)cc1. The molecule has 0 aliphatic heterocycles. The molecule has 0 aliphatic carbocycles. The molecular formula is C20H17N3O2S2. The fourth-order valence-electron chi connectivity index (χ4n) is 2.79. The molecule has 0 unspecified atom stereocenters. The van der Waals surface area contributed by atoms with Crippen LogP contribution < -0.4 is 15.4 Å². The molecule has 4 rings (SSSR count). The van der Waals surface area contributed by atoms with Gasteiger partial charge in [0.15, 0.2) is 0 Å². The van der Waals surface area contributed by atoms with E-state index in [1.165, 1.54) is 11.3 Å². The number of carbonyl (C=O) groups is 1. The Labute approximate surface area is 164 Å². The van der Waals surface area contributed by atoms with Crippen LogP contribution in [0.5, 0.6) is 5.75 Å². The summed E-state index contributed by atoms with van der Waals surface area (Å²) in [7, 11) is 3.34. The van der Waals surface area contributed by atoms with Crippen molar-refractivity contribution in [3.8, 4) is 16.3 Å². The second-order valence-electron chi connectivity index (χ2n) is 5.93. The van der Waals surface area contributed by atoms with Gasteiger partial charge in [0.25, 0.3) is 5.91 Å². The van der Waals surface area contributed by atoms with E-state index in [9.17, 15) is 4.79 Å². The van der Waals surface area contributed by atoms with E-state index in [1.807, 2.05) is 53.9 Å². The van der Waals surface area contributed by atoms with Crippen molar-refractivity contribution in [1.29, 1.82) is 0 Å². The number of hydrogen-bond donors (Lipinski definition) is 1. The van der Waals surface area contributed by atoms with Crippen molar-refractivity contribution in [1.82, 2.24) is 4.98 Å². The topological polar surface area (TPSA) is 68.5 Å². The standard InChI is InChI=1S/C20H17N3O2S2/c1-23(12-5-7-13(25-2)8-6-12)20(24)18-17(21)14-9-10-15(22-19(14)27-18)16-4-3-11-26-16/h3-11H,21H2,1-2H3. The Kier molecular flexibility index (Phi) is 4.55. The summed E-state index contributed by atoms with van der Waals surface area (Å²) in [4.78, 5) is 21.6. The Morgan fingerprint density at radius 3 is 2.59 bits per heavy atom. The van der Waals surface area contributed by atoms with Crippen LogP contribution in [-0.4, -0.2) is 25.0 Å². The molecule has 1 aromatic carbocycles. The highest BCUT2D eigenvalue weighted by Gasteiger charge is 2.22. The Morgan fingerprint density at radius 1 is 1.15 bits per heavy atom. The van der Waals surface area contributed by atoms with Crippen LogP contribution in [0.15, 0.2) is 53.9 Å². The Bertz CT molecular complexity index is 1100. The minimum atomic E-state index is -0.154. The molecule has 1 amide bonds. The van der Waals surface area contributed by atoms with Gasteiger partial charge in [-0.3, -0.25) is 4.79 Å². The first-order valence-corrected chi connectivity index (χ1v) is 9.93. The number of fused-ring (bicyclic) bond motifs is 1. The number of aromatic nitrogens is 1. The molecule has 2 N–H and O–H groups in total. The van der Waals surface area contributed by atoms with E-state index >= 15 is 0 Å². The van der Waals surface area contributed by atoms with Crippen LogP contribution in [0, 0.1) is 0 Å². The first kappa shape index (κ1) is 17.5. The molecular weight excluding hydrogens is 378 g/mol. The molecule has 0 fully saturated rings. The maximum Gasteiger partial charge on any atom is 0.270 e. The van der Waals surface area contributed by atoms with E-state index in [4.69, 9.17) is 15.5 Å². The lowest BCUT2D eigenvalue weighted by Crippen LogP contribution is -2.25. The second kappa shape index (κ2) is 7.02. The Hall–Kier alpha value is -2.90. The highest BCUT2D eigenvalue weighted by atomic mass is 32.1. The summed E-state index contributed by atoms with van der Waals surface area (Å²) in [5.74, 6) is 0.588. The molecule has 7 heteroatoms.